The van der Waals surface area contributed by atoms with Crippen LogP contribution in [0, 0.1) is 0 Å². The summed E-state index contributed by atoms with van der Waals surface area (Å²) in [5.41, 5.74) is 6.71. The van der Waals surface area contributed by atoms with Crippen molar-refractivity contribution < 1.29 is 9.47 Å². The van der Waals surface area contributed by atoms with E-state index in [1.54, 1.807) is 32.0 Å². The van der Waals surface area contributed by atoms with Gasteiger partial charge in [0.1, 0.15) is 0 Å². The average Bonchev–Trinajstić information content (AvgIpc) is 2.42. The molecule has 0 atom stereocenters. The van der Waals surface area contributed by atoms with Crippen LogP contribution in [0.2, 0.25) is 0 Å². The van der Waals surface area contributed by atoms with Crippen molar-refractivity contribution in [1.82, 2.24) is 0 Å². The number of nitrogens with two attached hydrogens (primary N) is 1. The first-order chi connectivity index (χ1) is 9.15. The second kappa shape index (κ2) is 6.21. The van der Waals surface area contributed by atoms with Crippen LogP contribution in [-0.4, -0.2) is 14.2 Å². The van der Waals surface area contributed by atoms with E-state index in [1.807, 2.05) is 30.3 Å². The van der Waals surface area contributed by atoms with E-state index in [2.05, 4.69) is 15.9 Å². The maximum atomic E-state index is 6.05. The standard InChI is InChI=1S/C14H14BrNO2S/c1-17-11-7-10(16)14(8-12(11)18-2)19-13-6-4-3-5-9(13)15/h3-8H,16H2,1-2H3. The summed E-state index contributed by atoms with van der Waals surface area (Å²) in [5, 5.41) is 0. The zero-order chi connectivity index (χ0) is 13.8. The maximum absolute atomic E-state index is 6.05. The van der Waals surface area contributed by atoms with Crippen molar-refractivity contribution in [1.29, 1.82) is 0 Å². The molecule has 0 saturated carbocycles. The van der Waals surface area contributed by atoms with Crippen LogP contribution >= 0.6 is 27.7 Å². The highest BCUT2D eigenvalue weighted by molar-refractivity contribution is 9.10. The number of hydrogen-bond acceptors (Lipinski definition) is 4. The van der Waals surface area contributed by atoms with Crippen molar-refractivity contribution in [2.24, 2.45) is 0 Å². The maximum Gasteiger partial charge on any atom is 0.162 e. The summed E-state index contributed by atoms with van der Waals surface area (Å²) >= 11 is 5.11. The first-order valence-corrected chi connectivity index (χ1v) is 7.20. The van der Waals surface area contributed by atoms with E-state index in [4.69, 9.17) is 15.2 Å². The lowest BCUT2D eigenvalue weighted by atomic mass is 10.3. The Kier molecular flexibility index (Phi) is 4.61. The molecule has 2 aromatic carbocycles. The van der Waals surface area contributed by atoms with E-state index in [0.29, 0.717) is 17.2 Å². The lowest BCUT2D eigenvalue weighted by Crippen LogP contribution is -1.95. The van der Waals surface area contributed by atoms with Gasteiger partial charge in [0.15, 0.2) is 11.5 Å². The molecule has 0 radical (unpaired) electrons. The lowest BCUT2D eigenvalue weighted by Gasteiger charge is -2.12. The summed E-state index contributed by atoms with van der Waals surface area (Å²) in [5.74, 6) is 1.31. The molecule has 2 aromatic rings. The highest BCUT2D eigenvalue weighted by atomic mass is 79.9. The Hall–Kier alpha value is -1.33. The fourth-order valence-corrected chi connectivity index (χ4v) is 3.03. The van der Waals surface area contributed by atoms with Crippen LogP contribution in [0.1, 0.15) is 0 Å². The van der Waals surface area contributed by atoms with Gasteiger partial charge in [0.25, 0.3) is 0 Å². The smallest absolute Gasteiger partial charge is 0.162 e. The number of nitrogen functional groups attached to an aromatic ring is 1. The summed E-state index contributed by atoms with van der Waals surface area (Å²) in [6.45, 7) is 0. The Balaban J connectivity index is 2.38. The monoisotopic (exact) mass is 339 g/mol. The molecule has 0 saturated heterocycles. The van der Waals surface area contributed by atoms with Gasteiger partial charge >= 0.3 is 0 Å². The van der Waals surface area contributed by atoms with Gasteiger partial charge in [-0.15, -0.1) is 0 Å². The van der Waals surface area contributed by atoms with Crippen LogP contribution in [0.25, 0.3) is 0 Å². The molecule has 0 aliphatic carbocycles. The SMILES string of the molecule is COc1cc(N)c(Sc2ccccc2Br)cc1OC. The number of anilines is 1. The zero-order valence-corrected chi connectivity index (χ0v) is 13.0. The van der Waals surface area contributed by atoms with Gasteiger partial charge in [-0.1, -0.05) is 23.9 Å². The second-order valence-corrected chi connectivity index (χ2v) is 5.72. The number of rotatable bonds is 4. The van der Waals surface area contributed by atoms with E-state index in [1.165, 1.54) is 0 Å². The summed E-state index contributed by atoms with van der Waals surface area (Å²) in [7, 11) is 3.21. The van der Waals surface area contributed by atoms with Gasteiger partial charge < -0.3 is 15.2 Å². The van der Waals surface area contributed by atoms with E-state index < -0.39 is 0 Å². The Labute approximate surface area is 125 Å². The summed E-state index contributed by atoms with van der Waals surface area (Å²) < 4.78 is 11.6. The number of ether oxygens (including phenoxy) is 2. The molecule has 0 aliphatic rings. The van der Waals surface area contributed by atoms with Crippen LogP contribution in [0.5, 0.6) is 11.5 Å². The molecule has 0 aliphatic heterocycles. The third-order valence-electron chi connectivity index (χ3n) is 2.57. The van der Waals surface area contributed by atoms with Crippen molar-refractivity contribution in [3.63, 3.8) is 0 Å². The summed E-state index contributed by atoms with van der Waals surface area (Å²) in [4.78, 5) is 2.03. The Morgan fingerprint density at radius 2 is 1.63 bits per heavy atom. The van der Waals surface area contributed by atoms with Crippen LogP contribution in [0.3, 0.4) is 0 Å². The molecule has 0 fully saturated rings. The lowest BCUT2D eigenvalue weighted by molar-refractivity contribution is 0.354. The second-order valence-electron chi connectivity index (χ2n) is 3.78. The topological polar surface area (TPSA) is 44.5 Å². The van der Waals surface area contributed by atoms with Gasteiger partial charge in [0.05, 0.1) is 14.2 Å². The predicted molar refractivity (Wildman–Crippen MR) is 82.2 cm³/mol. The molecule has 0 amide bonds. The van der Waals surface area contributed by atoms with Crippen LogP contribution in [-0.2, 0) is 0 Å². The molecule has 2 N–H and O–H groups in total. The Morgan fingerprint density at radius 1 is 1.00 bits per heavy atom. The van der Waals surface area contributed by atoms with Crippen LogP contribution in [0.4, 0.5) is 5.69 Å². The normalized spacial score (nSPS) is 10.3. The first-order valence-electron chi connectivity index (χ1n) is 5.59. The summed E-state index contributed by atoms with van der Waals surface area (Å²) in [6, 6.07) is 11.7. The minimum atomic E-state index is 0.636. The molecule has 0 bridgehead atoms. The van der Waals surface area contributed by atoms with Crippen LogP contribution in [0.15, 0.2) is 50.7 Å². The molecule has 5 heteroatoms. The fraction of sp³-hybridized carbons (Fsp3) is 0.143. The van der Waals surface area contributed by atoms with Crippen molar-refractivity contribution in [3.05, 3.63) is 40.9 Å². The van der Waals surface area contributed by atoms with Gasteiger partial charge in [-0.05, 0) is 34.1 Å². The van der Waals surface area contributed by atoms with Gasteiger partial charge in [0.2, 0.25) is 0 Å². The third-order valence-corrected chi connectivity index (χ3v) is 4.68. The van der Waals surface area contributed by atoms with Crippen molar-refractivity contribution in [3.8, 4) is 11.5 Å². The molecule has 0 heterocycles. The number of benzene rings is 2. The molecule has 19 heavy (non-hydrogen) atoms. The molecule has 0 unspecified atom stereocenters. The van der Waals surface area contributed by atoms with Crippen molar-refractivity contribution in [2.45, 2.75) is 9.79 Å². The van der Waals surface area contributed by atoms with Gasteiger partial charge in [-0.3, -0.25) is 0 Å². The average molecular weight is 340 g/mol. The highest BCUT2D eigenvalue weighted by Gasteiger charge is 2.11. The minimum absolute atomic E-state index is 0.636. The molecule has 100 valence electrons. The zero-order valence-electron chi connectivity index (χ0n) is 10.6. The fourth-order valence-electron chi connectivity index (χ4n) is 1.61. The number of methoxy groups -OCH3 is 2. The highest BCUT2D eigenvalue weighted by Crippen LogP contribution is 2.41. The molecule has 0 spiro atoms. The number of hydrogen-bond donors (Lipinski definition) is 1. The van der Waals surface area contributed by atoms with Crippen molar-refractivity contribution >= 4 is 33.4 Å². The predicted octanol–water partition coefficient (Wildman–Crippen LogP) is 4.20. The van der Waals surface area contributed by atoms with Gasteiger partial charge in [0, 0.05) is 26.0 Å². The molecular weight excluding hydrogens is 326 g/mol. The molecule has 0 aromatic heterocycles. The Morgan fingerprint density at radius 3 is 2.26 bits per heavy atom. The minimum Gasteiger partial charge on any atom is -0.493 e. The van der Waals surface area contributed by atoms with E-state index in [9.17, 15) is 0 Å². The molecule has 2 rings (SSSR count). The largest absolute Gasteiger partial charge is 0.493 e. The van der Waals surface area contributed by atoms with Crippen molar-refractivity contribution in [2.75, 3.05) is 20.0 Å². The molecule has 3 nitrogen and oxygen atoms in total. The first kappa shape index (κ1) is 14.1. The van der Waals surface area contributed by atoms with Gasteiger partial charge in [-0.25, -0.2) is 0 Å². The molecular formula is C14H14BrNO2S. The summed E-state index contributed by atoms with van der Waals surface area (Å²) in [6.07, 6.45) is 0. The van der Waals surface area contributed by atoms with E-state index in [-0.39, 0.29) is 0 Å². The quantitative estimate of drug-likeness (QED) is 0.848. The van der Waals surface area contributed by atoms with Crippen LogP contribution < -0.4 is 15.2 Å². The van der Waals surface area contributed by atoms with Gasteiger partial charge in [-0.2, -0.15) is 0 Å². The Bertz CT molecular complexity index is 590. The third kappa shape index (κ3) is 3.16. The van der Waals surface area contributed by atoms with E-state index in [0.717, 1.165) is 14.3 Å². The number of halogens is 1. The van der Waals surface area contributed by atoms with E-state index >= 15 is 0 Å².